The predicted molar refractivity (Wildman–Crippen MR) is 65.3 cm³/mol. The summed E-state index contributed by atoms with van der Waals surface area (Å²) in [7, 11) is 0. The lowest BCUT2D eigenvalue weighted by Gasteiger charge is -2.20. The fourth-order valence-electron chi connectivity index (χ4n) is 2.27. The van der Waals surface area contributed by atoms with Gasteiger partial charge in [-0.05, 0) is 26.7 Å². The van der Waals surface area contributed by atoms with Crippen LogP contribution in [-0.2, 0) is 11.2 Å². The minimum Gasteiger partial charge on any atom is -0.392 e. The quantitative estimate of drug-likeness (QED) is 0.801. The van der Waals surface area contributed by atoms with Crippen molar-refractivity contribution in [1.29, 1.82) is 0 Å². The average Bonchev–Trinajstić information content (AvgIpc) is 2.83. The Morgan fingerprint density at radius 2 is 2.17 bits per heavy atom. The Bertz CT molecular complexity index is 489. The summed E-state index contributed by atoms with van der Waals surface area (Å²) in [6, 6.07) is -0.338. The molecule has 0 saturated carbocycles. The zero-order chi connectivity index (χ0) is 13.3. The van der Waals surface area contributed by atoms with Crippen LogP contribution in [0.3, 0.4) is 0 Å². The maximum absolute atomic E-state index is 12.2. The molecule has 1 aromatic heterocycles. The standard InChI is InChI=1S/C12H19N3O3/c1-4-5-10-13-15(12(17)18-10)9-6-7-14(8(2)3)11(9)16/h8-9H,4-7H2,1-3H3. The minimum atomic E-state index is -0.526. The summed E-state index contributed by atoms with van der Waals surface area (Å²) in [4.78, 5) is 25.6. The molecule has 18 heavy (non-hydrogen) atoms. The summed E-state index contributed by atoms with van der Waals surface area (Å²) in [5, 5.41) is 4.12. The lowest BCUT2D eigenvalue weighted by molar-refractivity contribution is -0.132. The van der Waals surface area contributed by atoms with Crippen LogP contribution in [0.25, 0.3) is 0 Å². The minimum absolute atomic E-state index is 0.0385. The molecule has 6 heteroatoms. The fraction of sp³-hybridized carbons (Fsp3) is 0.750. The maximum atomic E-state index is 12.2. The molecule has 1 saturated heterocycles. The molecule has 0 aliphatic carbocycles. The molecule has 1 aliphatic heterocycles. The van der Waals surface area contributed by atoms with Crippen LogP contribution < -0.4 is 5.76 Å². The van der Waals surface area contributed by atoms with Gasteiger partial charge in [-0.1, -0.05) is 6.92 Å². The van der Waals surface area contributed by atoms with E-state index in [1.807, 2.05) is 20.8 Å². The van der Waals surface area contributed by atoms with Crippen LogP contribution in [0.1, 0.15) is 45.5 Å². The highest BCUT2D eigenvalue weighted by molar-refractivity contribution is 5.82. The van der Waals surface area contributed by atoms with Gasteiger partial charge < -0.3 is 9.32 Å². The third-order valence-corrected chi connectivity index (χ3v) is 3.21. The summed E-state index contributed by atoms with van der Waals surface area (Å²) in [5.41, 5.74) is 0. The number of hydrogen-bond acceptors (Lipinski definition) is 4. The van der Waals surface area contributed by atoms with Crippen LogP contribution in [0, 0.1) is 0 Å². The van der Waals surface area contributed by atoms with Crippen molar-refractivity contribution in [2.45, 2.75) is 52.1 Å². The molecule has 1 fully saturated rings. The fourth-order valence-corrected chi connectivity index (χ4v) is 2.27. The Hall–Kier alpha value is -1.59. The molecule has 0 bridgehead atoms. The molecule has 2 rings (SSSR count). The van der Waals surface area contributed by atoms with Crippen molar-refractivity contribution >= 4 is 5.91 Å². The van der Waals surface area contributed by atoms with E-state index < -0.39 is 11.8 Å². The Morgan fingerprint density at radius 3 is 2.72 bits per heavy atom. The maximum Gasteiger partial charge on any atom is 0.437 e. The topological polar surface area (TPSA) is 68.3 Å². The molecule has 2 heterocycles. The zero-order valence-corrected chi connectivity index (χ0v) is 11.0. The molecular formula is C12H19N3O3. The van der Waals surface area contributed by atoms with E-state index in [0.717, 1.165) is 6.42 Å². The van der Waals surface area contributed by atoms with Gasteiger partial charge >= 0.3 is 5.76 Å². The van der Waals surface area contributed by atoms with Crippen LogP contribution >= 0.6 is 0 Å². The number of aryl methyl sites for hydroxylation is 1. The monoisotopic (exact) mass is 253 g/mol. The van der Waals surface area contributed by atoms with E-state index >= 15 is 0 Å². The molecule has 100 valence electrons. The Kier molecular flexibility index (Phi) is 3.54. The molecule has 6 nitrogen and oxygen atoms in total. The number of aromatic nitrogens is 2. The Morgan fingerprint density at radius 1 is 1.44 bits per heavy atom. The summed E-state index contributed by atoms with van der Waals surface area (Å²) in [6.45, 7) is 6.59. The Balaban J connectivity index is 2.23. The smallest absolute Gasteiger partial charge is 0.392 e. The van der Waals surface area contributed by atoms with Crippen LogP contribution in [0.2, 0.25) is 0 Å². The van der Waals surface area contributed by atoms with Gasteiger partial charge in [0.1, 0.15) is 6.04 Å². The summed E-state index contributed by atoms with van der Waals surface area (Å²) >= 11 is 0. The van der Waals surface area contributed by atoms with Crippen LogP contribution in [0.4, 0.5) is 0 Å². The number of carbonyl (C=O) groups is 1. The van der Waals surface area contributed by atoms with Crippen molar-refractivity contribution in [2.75, 3.05) is 6.54 Å². The van der Waals surface area contributed by atoms with Gasteiger partial charge in [0.25, 0.3) is 0 Å². The lowest BCUT2D eigenvalue weighted by Crippen LogP contribution is -2.36. The highest BCUT2D eigenvalue weighted by Crippen LogP contribution is 2.23. The summed E-state index contributed by atoms with van der Waals surface area (Å²) < 4.78 is 6.24. The van der Waals surface area contributed by atoms with E-state index in [4.69, 9.17) is 4.42 Å². The Labute approximate surface area is 106 Å². The van der Waals surface area contributed by atoms with Crippen molar-refractivity contribution in [2.24, 2.45) is 0 Å². The SMILES string of the molecule is CCCc1nn(C2CCN(C(C)C)C2=O)c(=O)o1. The number of hydrogen-bond donors (Lipinski definition) is 0. The van der Waals surface area contributed by atoms with Crippen molar-refractivity contribution in [3.63, 3.8) is 0 Å². The van der Waals surface area contributed by atoms with Gasteiger partial charge in [-0.15, -0.1) is 5.10 Å². The molecule has 0 spiro atoms. The lowest BCUT2D eigenvalue weighted by atomic mass is 10.2. The van der Waals surface area contributed by atoms with Crippen molar-refractivity contribution in [3.05, 3.63) is 16.4 Å². The first-order chi connectivity index (χ1) is 8.54. The molecule has 1 unspecified atom stereocenters. The first-order valence-electron chi connectivity index (χ1n) is 6.43. The van der Waals surface area contributed by atoms with E-state index in [1.54, 1.807) is 4.90 Å². The van der Waals surface area contributed by atoms with Gasteiger partial charge in [0.15, 0.2) is 0 Å². The second-order valence-corrected chi connectivity index (χ2v) is 4.89. The van der Waals surface area contributed by atoms with E-state index in [1.165, 1.54) is 4.68 Å². The molecule has 0 aromatic carbocycles. The van der Waals surface area contributed by atoms with Gasteiger partial charge in [0.05, 0.1) is 0 Å². The zero-order valence-electron chi connectivity index (χ0n) is 11.0. The molecule has 1 aromatic rings. The normalized spacial score (nSPS) is 20.1. The molecule has 1 aliphatic rings. The first kappa shape index (κ1) is 12.9. The molecule has 0 radical (unpaired) electrons. The second kappa shape index (κ2) is 4.96. The van der Waals surface area contributed by atoms with Gasteiger partial charge in [-0.3, -0.25) is 4.79 Å². The largest absolute Gasteiger partial charge is 0.437 e. The number of rotatable bonds is 4. The molecule has 1 atom stereocenters. The summed E-state index contributed by atoms with van der Waals surface area (Å²) in [6.07, 6.45) is 2.10. The molecule has 0 N–H and O–H groups in total. The van der Waals surface area contributed by atoms with Crippen LogP contribution in [-0.4, -0.2) is 33.2 Å². The number of nitrogens with zero attached hydrogens (tertiary/aromatic N) is 3. The van der Waals surface area contributed by atoms with E-state index in [0.29, 0.717) is 25.3 Å². The highest BCUT2D eigenvalue weighted by atomic mass is 16.4. The van der Waals surface area contributed by atoms with E-state index in [-0.39, 0.29) is 11.9 Å². The third kappa shape index (κ3) is 2.19. The highest BCUT2D eigenvalue weighted by Gasteiger charge is 2.36. The van der Waals surface area contributed by atoms with Gasteiger partial charge in [-0.2, -0.15) is 4.68 Å². The van der Waals surface area contributed by atoms with Crippen LogP contribution in [0.5, 0.6) is 0 Å². The van der Waals surface area contributed by atoms with Crippen LogP contribution in [0.15, 0.2) is 9.21 Å². The van der Waals surface area contributed by atoms with E-state index in [2.05, 4.69) is 5.10 Å². The molecular weight excluding hydrogens is 234 g/mol. The first-order valence-corrected chi connectivity index (χ1v) is 6.43. The number of amides is 1. The molecule has 1 amide bonds. The van der Waals surface area contributed by atoms with Crippen molar-refractivity contribution < 1.29 is 9.21 Å². The van der Waals surface area contributed by atoms with Gasteiger partial charge in [0.2, 0.25) is 11.8 Å². The number of carbonyl (C=O) groups excluding carboxylic acids is 1. The van der Waals surface area contributed by atoms with Gasteiger partial charge in [0, 0.05) is 19.0 Å². The van der Waals surface area contributed by atoms with E-state index in [9.17, 15) is 9.59 Å². The predicted octanol–water partition coefficient (Wildman–Crippen LogP) is 0.971. The average molecular weight is 253 g/mol. The number of likely N-dealkylation sites (tertiary alicyclic amines) is 1. The third-order valence-electron chi connectivity index (χ3n) is 3.21. The second-order valence-electron chi connectivity index (χ2n) is 4.89. The van der Waals surface area contributed by atoms with Crippen molar-refractivity contribution in [3.8, 4) is 0 Å². The van der Waals surface area contributed by atoms with Gasteiger partial charge in [-0.25, -0.2) is 4.79 Å². The van der Waals surface area contributed by atoms with Crippen molar-refractivity contribution in [1.82, 2.24) is 14.7 Å². The summed E-state index contributed by atoms with van der Waals surface area (Å²) in [5.74, 6) is -0.149.